The van der Waals surface area contributed by atoms with Gasteiger partial charge in [-0.3, -0.25) is 0 Å². The molecule has 1 aromatic heterocycles. The molecule has 0 bridgehead atoms. The molecule has 0 saturated heterocycles. The Morgan fingerprint density at radius 1 is 1.04 bits per heavy atom. The van der Waals surface area contributed by atoms with Crippen LogP contribution in [0.1, 0.15) is 5.56 Å². The zero-order valence-electron chi connectivity index (χ0n) is 14.4. The van der Waals surface area contributed by atoms with Gasteiger partial charge in [0.05, 0.1) is 13.3 Å². The standard InChI is InChI=1S/C19H21N5O/c1-24(16-9-4-3-5-10-16)19-22-18(14-21-23-19)20-13-12-15-8-6-7-11-17(15)25-2/h3-11,14H,12-13H2,1-2H3,(H,20,22,23). The van der Waals surface area contributed by atoms with Gasteiger partial charge in [0.2, 0.25) is 0 Å². The number of nitrogens with one attached hydrogen (secondary N) is 1. The molecule has 0 saturated carbocycles. The van der Waals surface area contributed by atoms with Gasteiger partial charge in [0.15, 0.2) is 5.82 Å². The summed E-state index contributed by atoms with van der Waals surface area (Å²) in [6.45, 7) is 0.730. The van der Waals surface area contributed by atoms with Crippen molar-refractivity contribution in [1.29, 1.82) is 0 Å². The molecule has 2 aromatic carbocycles. The van der Waals surface area contributed by atoms with Crippen LogP contribution >= 0.6 is 0 Å². The highest BCUT2D eigenvalue weighted by atomic mass is 16.5. The highest BCUT2D eigenvalue weighted by Gasteiger charge is 2.08. The number of benzene rings is 2. The van der Waals surface area contributed by atoms with Crippen molar-refractivity contribution in [1.82, 2.24) is 15.2 Å². The number of methoxy groups -OCH3 is 1. The first-order chi connectivity index (χ1) is 12.3. The van der Waals surface area contributed by atoms with Crippen LogP contribution in [0, 0.1) is 0 Å². The van der Waals surface area contributed by atoms with Gasteiger partial charge < -0.3 is 15.0 Å². The summed E-state index contributed by atoms with van der Waals surface area (Å²) in [7, 11) is 3.61. The van der Waals surface area contributed by atoms with E-state index in [1.807, 2.05) is 60.5 Å². The molecule has 3 aromatic rings. The molecule has 0 aliphatic heterocycles. The third-order valence-electron chi connectivity index (χ3n) is 3.88. The van der Waals surface area contributed by atoms with E-state index < -0.39 is 0 Å². The Hall–Kier alpha value is -3.15. The van der Waals surface area contributed by atoms with E-state index in [1.54, 1.807) is 13.3 Å². The molecule has 0 unspecified atom stereocenters. The van der Waals surface area contributed by atoms with Crippen LogP contribution in [0.3, 0.4) is 0 Å². The summed E-state index contributed by atoms with van der Waals surface area (Å²) in [5.74, 6) is 2.14. The molecule has 1 N–H and O–H groups in total. The Labute approximate surface area is 147 Å². The number of rotatable bonds is 7. The van der Waals surface area contributed by atoms with Gasteiger partial charge in [-0.1, -0.05) is 36.4 Å². The Morgan fingerprint density at radius 2 is 1.80 bits per heavy atom. The molecule has 0 amide bonds. The van der Waals surface area contributed by atoms with E-state index in [0.717, 1.165) is 30.0 Å². The van der Waals surface area contributed by atoms with Crippen molar-refractivity contribution in [3.63, 3.8) is 0 Å². The zero-order valence-corrected chi connectivity index (χ0v) is 14.4. The number of para-hydroxylation sites is 2. The van der Waals surface area contributed by atoms with Gasteiger partial charge in [-0.25, -0.2) is 0 Å². The predicted octanol–water partition coefficient (Wildman–Crippen LogP) is 3.30. The smallest absolute Gasteiger partial charge is 0.251 e. The fourth-order valence-corrected chi connectivity index (χ4v) is 2.52. The van der Waals surface area contributed by atoms with Crippen molar-refractivity contribution in [3.05, 3.63) is 66.4 Å². The predicted molar refractivity (Wildman–Crippen MR) is 99.5 cm³/mol. The van der Waals surface area contributed by atoms with Crippen molar-refractivity contribution >= 4 is 17.5 Å². The number of anilines is 3. The summed E-state index contributed by atoms with van der Waals surface area (Å²) in [5.41, 5.74) is 2.16. The third-order valence-corrected chi connectivity index (χ3v) is 3.88. The summed E-state index contributed by atoms with van der Waals surface area (Å²) in [6, 6.07) is 18.0. The largest absolute Gasteiger partial charge is 0.496 e. The minimum absolute atomic E-state index is 0.550. The second-order valence-corrected chi connectivity index (χ2v) is 5.52. The third kappa shape index (κ3) is 4.23. The van der Waals surface area contributed by atoms with Crippen LogP contribution in [0.15, 0.2) is 60.8 Å². The first-order valence-corrected chi connectivity index (χ1v) is 8.12. The lowest BCUT2D eigenvalue weighted by atomic mass is 10.1. The number of ether oxygens (including phenoxy) is 1. The van der Waals surface area contributed by atoms with E-state index >= 15 is 0 Å². The fourth-order valence-electron chi connectivity index (χ4n) is 2.52. The molecule has 25 heavy (non-hydrogen) atoms. The van der Waals surface area contributed by atoms with Crippen molar-refractivity contribution in [2.45, 2.75) is 6.42 Å². The highest BCUT2D eigenvalue weighted by molar-refractivity contribution is 5.56. The molecule has 0 spiro atoms. The molecule has 128 valence electrons. The van der Waals surface area contributed by atoms with Gasteiger partial charge in [-0.15, -0.1) is 5.10 Å². The van der Waals surface area contributed by atoms with Crippen LogP contribution in [0.4, 0.5) is 17.5 Å². The Kier molecular flexibility index (Phi) is 5.41. The SMILES string of the molecule is COc1ccccc1CCNc1cnnc(N(C)c2ccccc2)n1. The summed E-state index contributed by atoms with van der Waals surface area (Å²) in [5, 5.41) is 11.5. The quantitative estimate of drug-likeness (QED) is 0.715. The van der Waals surface area contributed by atoms with Crippen LogP contribution in [0.2, 0.25) is 0 Å². The maximum atomic E-state index is 5.38. The van der Waals surface area contributed by atoms with E-state index in [1.165, 1.54) is 0 Å². The van der Waals surface area contributed by atoms with Gasteiger partial charge in [0.25, 0.3) is 5.95 Å². The molecule has 0 fully saturated rings. The van der Waals surface area contributed by atoms with Gasteiger partial charge in [-0.2, -0.15) is 10.1 Å². The molecule has 0 aliphatic carbocycles. The second-order valence-electron chi connectivity index (χ2n) is 5.52. The lowest BCUT2D eigenvalue weighted by Crippen LogP contribution is -2.15. The normalized spacial score (nSPS) is 10.3. The van der Waals surface area contributed by atoms with Gasteiger partial charge in [0, 0.05) is 19.3 Å². The van der Waals surface area contributed by atoms with E-state index in [0.29, 0.717) is 11.8 Å². The lowest BCUT2D eigenvalue weighted by molar-refractivity contribution is 0.410. The van der Waals surface area contributed by atoms with Crippen LogP contribution in [-0.2, 0) is 6.42 Å². The molecular formula is C19H21N5O. The number of hydrogen-bond acceptors (Lipinski definition) is 6. The molecule has 6 nitrogen and oxygen atoms in total. The Morgan fingerprint density at radius 3 is 2.60 bits per heavy atom. The van der Waals surface area contributed by atoms with Crippen molar-refractivity contribution in [2.24, 2.45) is 0 Å². The highest BCUT2D eigenvalue weighted by Crippen LogP contribution is 2.20. The van der Waals surface area contributed by atoms with E-state index in [-0.39, 0.29) is 0 Å². The topological polar surface area (TPSA) is 63.2 Å². The van der Waals surface area contributed by atoms with Gasteiger partial charge in [0.1, 0.15) is 5.75 Å². The number of aromatic nitrogens is 3. The van der Waals surface area contributed by atoms with Crippen molar-refractivity contribution in [3.8, 4) is 5.75 Å². The Balaban J connectivity index is 1.64. The van der Waals surface area contributed by atoms with Crippen LogP contribution in [0.25, 0.3) is 0 Å². The molecule has 3 rings (SSSR count). The molecule has 0 radical (unpaired) electrons. The van der Waals surface area contributed by atoms with Crippen molar-refractivity contribution in [2.75, 3.05) is 30.9 Å². The Bertz CT molecular complexity index is 810. The molecule has 1 heterocycles. The van der Waals surface area contributed by atoms with Crippen LogP contribution in [-0.4, -0.2) is 35.9 Å². The summed E-state index contributed by atoms with van der Waals surface area (Å²) >= 11 is 0. The minimum atomic E-state index is 0.550. The summed E-state index contributed by atoms with van der Waals surface area (Å²) in [4.78, 5) is 6.43. The average Bonchev–Trinajstić information content (AvgIpc) is 2.69. The monoisotopic (exact) mass is 335 g/mol. The van der Waals surface area contributed by atoms with Gasteiger partial charge in [-0.05, 0) is 30.2 Å². The van der Waals surface area contributed by atoms with Crippen LogP contribution in [0.5, 0.6) is 5.75 Å². The lowest BCUT2D eigenvalue weighted by Gasteiger charge is -2.17. The minimum Gasteiger partial charge on any atom is -0.496 e. The maximum Gasteiger partial charge on any atom is 0.251 e. The fraction of sp³-hybridized carbons (Fsp3) is 0.211. The molecule has 6 heteroatoms. The van der Waals surface area contributed by atoms with Crippen molar-refractivity contribution < 1.29 is 4.74 Å². The average molecular weight is 335 g/mol. The second kappa shape index (κ2) is 8.10. The molecule has 0 atom stereocenters. The molecule has 0 aliphatic rings. The summed E-state index contributed by atoms with van der Waals surface area (Å²) < 4.78 is 5.38. The summed E-state index contributed by atoms with van der Waals surface area (Å²) in [6.07, 6.45) is 2.46. The van der Waals surface area contributed by atoms with Crippen LogP contribution < -0.4 is 15.0 Å². The first kappa shape index (κ1) is 16.7. The van der Waals surface area contributed by atoms with E-state index in [4.69, 9.17) is 4.74 Å². The first-order valence-electron chi connectivity index (χ1n) is 8.12. The zero-order chi connectivity index (χ0) is 17.5. The van der Waals surface area contributed by atoms with E-state index in [9.17, 15) is 0 Å². The molecular weight excluding hydrogens is 314 g/mol. The number of hydrogen-bond donors (Lipinski definition) is 1. The number of nitrogens with zero attached hydrogens (tertiary/aromatic N) is 4. The van der Waals surface area contributed by atoms with E-state index in [2.05, 4.69) is 26.6 Å². The maximum absolute atomic E-state index is 5.38. The van der Waals surface area contributed by atoms with Gasteiger partial charge >= 0.3 is 0 Å².